The van der Waals surface area contributed by atoms with E-state index in [0.717, 1.165) is 16.5 Å². The number of hydrogen-bond donors (Lipinski definition) is 0. The van der Waals surface area contributed by atoms with E-state index in [1.165, 1.54) is 0 Å². The van der Waals surface area contributed by atoms with Crippen LogP contribution in [0.3, 0.4) is 0 Å². The SMILES string of the molecule is CCOC(=O)Cc1ccn(-c2cncc(-n3ncc4ccc(C#N)cc43)n2)c1. The molecule has 0 saturated carbocycles. The number of aromatic nitrogens is 5. The lowest BCUT2D eigenvalue weighted by atomic mass is 10.2. The van der Waals surface area contributed by atoms with Gasteiger partial charge in [0.1, 0.15) is 0 Å². The minimum Gasteiger partial charge on any atom is -0.466 e. The molecule has 0 bridgehead atoms. The van der Waals surface area contributed by atoms with Crippen molar-refractivity contribution in [1.82, 2.24) is 24.3 Å². The highest BCUT2D eigenvalue weighted by Gasteiger charge is 2.11. The van der Waals surface area contributed by atoms with Crippen LogP contribution in [0, 0.1) is 11.3 Å². The molecule has 0 spiro atoms. The van der Waals surface area contributed by atoms with Crippen LogP contribution < -0.4 is 0 Å². The van der Waals surface area contributed by atoms with E-state index in [9.17, 15) is 4.79 Å². The predicted molar refractivity (Wildman–Crippen MR) is 101 cm³/mol. The van der Waals surface area contributed by atoms with E-state index in [4.69, 9.17) is 10.00 Å². The van der Waals surface area contributed by atoms with Crippen molar-refractivity contribution in [3.8, 4) is 17.7 Å². The molecule has 4 aromatic rings. The minimum absolute atomic E-state index is 0.203. The van der Waals surface area contributed by atoms with Crippen LogP contribution in [0.2, 0.25) is 0 Å². The topological polar surface area (TPSA) is 98.6 Å². The lowest BCUT2D eigenvalue weighted by Crippen LogP contribution is -2.07. The summed E-state index contributed by atoms with van der Waals surface area (Å²) in [5, 5.41) is 14.4. The molecule has 0 aliphatic heterocycles. The number of esters is 1. The smallest absolute Gasteiger partial charge is 0.310 e. The molecule has 28 heavy (non-hydrogen) atoms. The number of ether oxygens (including phenoxy) is 1. The molecular formula is C20H16N6O2. The van der Waals surface area contributed by atoms with Gasteiger partial charge in [0, 0.05) is 17.8 Å². The Morgan fingerprint density at radius 2 is 2.07 bits per heavy atom. The Labute approximate surface area is 160 Å². The zero-order valence-corrected chi connectivity index (χ0v) is 15.1. The van der Waals surface area contributed by atoms with Crippen LogP contribution in [-0.4, -0.2) is 36.9 Å². The minimum atomic E-state index is -0.267. The lowest BCUT2D eigenvalue weighted by Gasteiger charge is -2.06. The molecule has 3 aromatic heterocycles. The number of nitrogens with zero attached hydrogens (tertiary/aromatic N) is 6. The van der Waals surface area contributed by atoms with Gasteiger partial charge in [-0.3, -0.25) is 9.78 Å². The number of rotatable bonds is 5. The van der Waals surface area contributed by atoms with E-state index in [0.29, 0.717) is 23.8 Å². The summed E-state index contributed by atoms with van der Waals surface area (Å²) >= 11 is 0. The van der Waals surface area contributed by atoms with Crippen molar-refractivity contribution < 1.29 is 9.53 Å². The van der Waals surface area contributed by atoms with Crippen molar-refractivity contribution in [3.63, 3.8) is 0 Å². The normalized spacial score (nSPS) is 10.7. The highest BCUT2D eigenvalue weighted by atomic mass is 16.5. The summed E-state index contributed by atoms with van der Waals surface area (Å²) < 4.78 is 8.42. The molecule has 0 N–H and O–H groups in total. The van der Waals surface area contributed by atoms with Crippen molar-refractivity contribution >= 4 is 16.9 Å². The summed E-state index contributed by atoms with van der Waals surface area (Å²) in [7, 11) is 0. The first-order valence-electron chi connectivity index (χ1n) is 8.71. The molecule has 0 aliphatic rings. The standard InChI is InChI=1S/C20H16N6O2/c1-2-28-20(27)8-15-5-6-25(13-15)18-11-22-12-19(24-18)26-17-7-14(9-21)3-4-16(17)10-23-26/h3-7,10-13H,2,8H2,1H3. The third kappa shape index (κ3) is 3.33. The predicted octanol–water partition coefficient (Wildman–Crippen LogP) is 2.58. The third-order valence-electron chi connectivity index (χ3n) is 4.20. The van der Waals surface area contributed by atoms with Gasteiger partial charge in [0.05, 0.1) is 48.8 Å². The van der Waals surface area contributed by atoms with E-state index in [1.54, 1.807) is 46.9 Å². The Bertz CT molecular complexity index is 1200. The molecule has 0 atom stereocenters. The van der Waals surface area contributed by atoms with Crippen molar-refractivity contribution in [3.05, 3.63) is 66.4 Å². The van der Waals surface area contributed by atoms with Crippen LogP contribution in [0.1, 0.15) is 18.1 Å². The fourth-order valence-corrected chi connectivity index (χ4v) is 2.91. The summed E-state index contributed by atoms with van der Waals surface area (Å²) in [6.07, 6.45) is 8.80. The molecule has 8 heteroatoms. The molecule has 0 unspecified atom stereocenters. The Morgan fingerprint density at radius 3 is 2.89 bits per heavy atom. The van der Waals surface area contributed by atoms with Gasteiger partial charge in [0.2, 0.25) is 0 Å². The van der Waals surface area contributed by atoms with E-state index in [2.05, 4.69) is 21.1 Å². The van der Waals surface area contributed by atoms with Crippen LogP contribution in [0.25, 0.3) is 22.5 Å². The van der Waals surface area contributed by atoms with Crippen LogP contribution in [0.15, 0.2) is 55.2 Å². The third-order valence-corrected chi connectivity index (χ3v) is 4.20. The summed E-state index contributed by atoms with van der Waals surface area (Å²) in [5.74, 6) is 0.854. The van der Waals surface area contributed by atoms with E-state index >= 15 is 0 Å². The number of carbonyl (C=O) groups excluding carboxylic acids is 1. The molecule has 0 radical (unpaired) electrons. The average Bonchev–Trinajstić information content (AvgIpc) is 3.34. The molecule has 0 saturated heterocycles. The molecule has 0 fully saturated rings. The first kappa shape index (κ1) is 17.4. The molecule has 4 rings (SSSR count). The second-order valence-corrected chi connectivity index (χ2v) is 6.09. The summed E-state index contributed by atoms with van der Waals surface area (Å²) in [4.78, 5) is 20.5. The highest BCUT2D eigenvalue weighted by Crippen LogP contribution is 2.19. The lowest BCUT2D eigenvalue weighted by molar-refractivity contribution is -0.142. The fourth-order valence-electron chi connectivity index (χ4n) is 2.91. The van der Waals surface area contributed by atoms with Gasteiger partial charge in [-0.15, -0.1) is 0 Å². The second kappa shape index (κ2) is 7.32. The van der Waals surface area contributed by atoms with Crippen molar-refractivity contribution in [1.29, 1.82) is 5.26 Å². The largest absolute Gasteiger partial charge is 0.466 e. The van der Waals surface area contributed by atoms with Gasteiger partial charge >= 0.3 is 5.97 Å². The zero-order chi connectivity index (χ0) is 19.5. The summed E-state index contributed by atoms with van der Waals surface area (Å²) in [6, 6.07) is 9.34. The number of hydrogen-bond acceptors (Lipinski definition) is 6. The van der Waals surface area contributed by atoms with Gasteiger partial charge in [-0.1, -0.05) is 0 Å². The molecule has 0 aliphatic carbocycles. The van der Waals surface area contributed by atoms with E-state index < -0.39 is 0 Å². The van der Waals surface area contributed by atoms with Crippen LogP contribution >= 0.6 is 0 Å². The van der Waals surface area contributed by atoms with Crippen LogP contribution in [0.5, 0.6) is 0 Å². The molecule has 138 valence electrons. The highest BCUT2D eigenvalue weighted by molar-refractivity contribution is 5.81. The molecular weight excluding hydrogens is 356 g/mol. The van der Waals surface area contributed by atoms with Crippen LogP contribution in [0.4, 0.5) is 0 Å². The fraction of sp³-hybridized carbons (Fsp3) is 0.150. The Morgan fingerprint density at radius 1 is 1.21 bits per heavy atom. The maximum absolute atomic E-state index is 11.7. The average molecular weight is 372 g/mol. The first-order valence-corrected chi connectivity index (χ1v) is 8.71. The maximum atomic E-state index is 11.7. The number of benzene rings is 1. The van der Waals surface area contributed by atoms with Crippen molar-refractivity contribution in [2.24, 2.45) is 0 Å². The quantitative estimate of drug-likeness (QED) is 0.499. The molecule has 8 nitrogen and oxygen atoms in total. The van der Waals surface area contributed by atoms with Crippen molar-refractivity contribution in [2.75, 3.05) is 6.61 Å². The zero-order valence-electron chi connectivity index (χ0n) is 15.1. The van der Waals surface area contributed by atoms with E-state index in [1.807, 2.05) is 24.5 Å². The Hall–Kier alpha value is -3.99. The first-order chi connectivity index (χ1) is 13.7. The maximum Gasteiger partial charge on any atom is 0.310 e. The monoisotopic (exact) mass is 372 g/mol. The van der Waals surface area contributed by atoms with E-state index in [-0.39, 0.29) is 12.4 Å². The summed E-state index contributed by atoms with van der Waals surface area (Å²) in [5.41, 5.74) is 2.15. The number of nitriles is 1. The van der Waals surface area contributed by atoms with Crippen LogP contribution in [-0.2, 0) is 16.0 Å². The van der Waals surface area contributed by atoms with Gasteiger partial charge in [0.15, 0.2) is 11.6 Å². The van der Waals surface area contributed by atoms with Gasteiger partial charge < -0.3 is 9.30 Å². The van der Waals surface area contributed by atoms with Gasteiger partial charge in [0.25, 0.3) is 0 Å². The molecule has 1 aromatic carbocycles. The number of fused-ring (bicyclic) bond motifs is 1. The summed E-state index contributed by atoms with van der Waals surface area (Å²) in [6.45, 7) is 2.14. The second-order valence-electron chi connectivity index (χ2n) is 6.09. The van der Waals surface area contributed by atoms with Gasteiger partial charge in [-0.05, 0) is 36.8 Å². The van der Waals surface area contributed by atoms with Gasteiger partial charge in [-0.2, -0.15) is 10.4 Å². The molecule has 0 amide bonds. The Balaban J connectivity index is 1.67. The van der Waals surface area contributed by atoms with Gasteiger partial charge in [-0.25, -0.2) is 9.67 Å². The molecule has 3 heterocycles. The van der Waals surface area contributed by atoms with Crippen molar-refractivity contribution in [2.45, 2.75) is 13.3 Å². The Kier molecular flexibility index (Phi) is 4.56. The number of carbonyl (C=O) groups is 1.